The lowest BCUT2D eigenvalue weighted by Gasteiger charge is -2.31. The van der Waals surface area contributed by atoms with Crippen LogP contribution in [0.2, 0.25) is 0 Å². The van der Waals surface area contributed by atoms with Crippen LogP contribution in [0.3, 0.4) is 0 Å². The summed E-state index contributed by atoms with van der Waals surface area (Å²) >= 11 is 0. The Kier molecular flexibility index (Phi) is 6.25. The minimum Gasteiger partial charge on any atom is -0.481 e. The average molecular weight is 214 g/mol. The van der Waals surface area contributed by atoms with Crippen molar-refractivity contribution in [1.29, 1.82) is 0 Å². The van der Waals surface area contributed by atoms with Crippen molar-refractivity contribution < 1.29 is 15.0 Å². The normalized spacial score (nSPS) is 24.9. The number of allylic oxidation sites excluding steroid dienone is 2. The lowest BCUT2D eigenvalue weighted by atomic mass is 9.73. The van der Waals surface area contributed by atoms with E-state index in [2.05, 4.69) is 0 Å². The number of carboxylic acid groups (broad SMARTS) is 1. The highest BCUT2D eigenvalue weighted by atomic mass is 16.4. The maximum Gasteiger partial charge on any atom is 0.310 e. The Balaban J connectivity index is 0.000000921. The number of hydrogen-bond acceptors (Lipinski definition) is 2. The zero-order valence-electron chi connectivity index (χ0n) is 9.92. The third-order valence-electron chi connectivity index (χ3n) is 2.88. The highest BCUT2D eigenvalue weighted by molar-refractivity contribution is 5.75. The fraction of sp³-hybridized carbons (Fsp3) is 0.750. The predicted octanol–water partition coefficient (Wildman–Crippen LogP) is 2.60. The van der Waals surface area contributed by atoms with Crippen LogP contribution in [0.4, 0.5) is 0 Å². The number of carbonyl (C=O) groups is 1. The van der Waals surface area contributed by atoms with Crippen LogP contribution in [-0.4, -0.2) is 22.8 Å². The van der Waals surface area contributed by atoms with Gasteiger partial charge in [-0.05, 0) is 32.6 Å². The molecule has 0 fully saturated rings. The Bertz CT molecular complexity index is 233. The number of aliphatic hydroxyl groups excluding tert-OH is 1. The van der Waals surface area contributed by atoms with E-state index in [4.69, 9.17) is 10.2 Å². The van der Waals surface area contributed by atoms with Crippen molar-refractivity contribution in [2.45, 2.75) is 46.5 Å². The predicted molar refractivity (Wildman–Crippen MR) is 60.7 cm³/mol. The lowest BCUT2D eigenvalue weighted by Crippen LogP contribution is -2.33. The van der Waals surface area contributed by atoms with Gasteiger partial charge in [-0.3, -0.25) is 4.79 Å². The zero-order valence-corrected chi connectivity index (χ0v) is 9.92. The molecule has 88 valence electrons. The second-order valence-electron chi connectivity index (χ2n) is 3.81. The minimum atomic E-state index is -0.773. The molecule has 0 spiro atoms. The molecule has 1 rings (SSSR count). The first kappa shape index (κ1) is 14.2. The zero-order chi connectivity index (χ0) is 11.9. The molecule has 0 aromatic heterocycles. The van der Waals surface area contributed by atoms with Crippen LogP contribution in [0.5, 0.6) is 0 Å². The Morgan fingerprint density at radius 1 is 1.53 bits per heavy atom. The molecule has 3 heteroatoms. The van der Waals surface area contributed by atoms with Crippen molar-refractivity contribution in [1.82, 2.24) is 0 Å². The third-order valence-corrected chi connectivity index (χ3v) is 2.88. The van der Waals surface area contributed by atoms with Crippen molar-refractivity contribution in [3.8, 4) is 0 Å². The van der Waals surface area contributed by atoms with Crippen LogP contribution in [0, 0.1) is 5.41 Å². The molecule has 2 N–H and O–H groups in total. The standard InChI is InChI=1S/C10H16O3.C2H6/c1-8-2-4-10(5-3-8,6-7-11)9(12)13;1-2/h2,11H,3-7H2,1H3,(H,12,13);1-2H3. The van der Waals surface area contributed by atoms with Crippen LogP contribution in [-0.2, 0) is 4.79 Å². The Labute approximate surface area is 91.8 Å². The maximum absolute atomic E-state index is 11.0. The second-order valence-corrected chi connectivity index (χ2v) is 3.81. The van der Waals surface area contributed by atoms with Crippen molar-refractivity contribution in [2.75, 3.05) is 6.61 Å². The first-order valence-corrected chi connectivity index (χ1v) is 5.61. The summed E-state index contributed by atoms with van der Waals surface area (Å²) in [6.07, 6.45) is 4.41. The molecular formula is C12H22O3. The maximum atomic E-state index is 11.0. The summed E-state index contributed by atoms with van der Waals surface area (Å²) in [7, 11) is 0. The van der Waals surface area contributed by atoms with Crippen LogP contribution in [0.25, 0.3) is 0 Å². The fourth-order valence-corrected chi connectivity index (χ4v) is 1.75. The monoisotopic (exact) mass is 214 g/mol. The molecule has 1 unspecified atom stereocenters. The third kappa shape index (κ3) is 3.67. The van der Waals surface area contributed by atoms with E-state index < -0.39 is 11.4 Å². The molecule has 0 amide bonds. The number of rotatable bonds is 3. The van der Waals surface area contributed by atoms with Gasteiger partial charge in [-0.1, -0.05) is 25.5 Å². The summed E-state index contributed by atoms with van der Waals surface area (Å²) in [5.74, 6) is -0.773. The van der Waals surface area contributed by atoms with Gasteiger partial charge in [0.25, 0.3) is 0 Å². The molecule has 1 aliphatic carbocycles. The van der Waals surface area contributed by atoms with Gasteiger partial charge < -0.3 is 10.2 Å². The van der Waals surface area contributed by atoms with Crippen LogP contribution in [0.1, 0.15) is 46.5 Å². The van der Waals surface area contributed by atoms with Crippen LogP contribution < -0.4 is 0 Å². The number of carboxylic acids is 1. The lowest BCUT2D eigenvalue weighted by molar-refractivity contribution is -0.150. The summed E-state index contributed by atoms with van der Waals surface area (Å²) < 4.78 is 0. The summed E-state index contributed by atoms with van der Waals surface area (Å²) in [6.45, 7) is 5.98. The van der Waals surface area contributed by atoms with Gasteiger partial charge in [-0.15, -0.1) is 0 Å². The molecule has 3 nitrogen and oxygen atoms in total. The van der Waals surface area contributed by atoms with Gasteiger partial charge in [0.15, 0.2) is 0 Å². The number of aliphatic hydroxyl groups is 1. The molecule has 0 heterocycles. The van der Waals surface area contributed by atoms with E-state index >= 15 is 0 Å². The molecule has 0 radical (unpaired) electrons. The van der Waals surface area contributed by atoms with E-state index in [0.29, 0.717) is 19.3 Å². The van der Waals surface area contributed by atoms with Crippen molar-refractivity contribution in [3.05, 3.63) is 11.6 Å². The molecule has 0 bridgehead atoms. The van der Waals surface area contributed by atoms with E-state index in [1.54, 1.807) is 0 Å². The summed E-state index contributed by atoms with van der Waals surface area (Å²) in [5, 5.41) is 17.9. The molecule has 1 atom stereocenters. The number of aliphatic carboxylic acids is 1. The Hall–Kier alpha value is -0.830. The van der Waals surface area contributed by atoms with Crippen LogP contribution >= 0.6 is 0 Å². The van der Waals surface area contributed by atoms with Gasteiger partial charge in [0, 0.05) is 6.61 Å². The first-order chi connectivity index (χ1) is 7.10. The molecule has 1 aliphatic rings. The SMILES string of the molecule is CC.CC1=CCC(CCO)(C(=O)O)CC1. The molecule has 0 aliphatic heterocycles. The molecule has 0 saturated heterocycles. The van der Waals surface area contributed by atoms with Gasteiger partial charge in [0.05, 0.1) is 5.41 Å². The van der Waals surface area contributed by atoms with E-state index in [1.165, 1.54) is 5.57 Å². The van der Waals surface area contributed by atoms with Crippen LogP contribution in [0.15, 0.2) is 11.6 Å². The van der Waals surface area contributed by atoms with Gasteiger partial charge in [-0.25, -0.2) is 0 Å². The van der Waals surface area contributed by atoms with Crippen molar-refractivity contribution in [3.63, 3.8) is 0 Å². The molecule has 15 heavy (non-hydrogen) atoms. The largest absolute Gasteiger partial charge is 0.481 e. The molecule has 0 saturated carbocycles. The summed E-state index contributed by atoms with van der Waals surface area (Å²) in [5.41, 5.74) is 0.559. The minimum absolute atomic E-state index is 0.0425. The number of hydrogen-bond donors (Lipinski definition) is 2. The fourth-order valence-electron chi connectivity index (χ4n) is 1.75. The second kappa shape index (κ2) is 6.62. The summed E-state index contributed by atoms with van der Waals surface area (Å²) in [6, 6.07) is 0. The highest BCUT2D eigenvalue weighted by Gasteiger charge is 2.38. The average Bonchev–Trinajstić information content (AvgIpc) is 2.25. The van der Waals surface area contributed by atoms with Gasteiger partial charge in [0.1, 0.15) is 0 Å². The van der Waals surface area contributed by atoms with Crippen molar-refractivity contribution >= 4 is 5.97 Å². The Morgan fingerprint density at radius 3 is 2.47 bits per heavy atom. The van der Waals surface area contributed by atoms with E-state index in [9.17, 15) is 4.79 Å². The first-order valence-electron chi connectivity index (χ1n) is 5.61. The highest BCUT2D eigenvalue weighted by Crippen LogP contribution is 2.38. The molecule has 0 aromatic rings. The molecular weight excluding hydrogens is 192 g/mol. The smallest absolute Gasteiger partial charge is 0.310 e. The van der Waals surface area contributed by atoms with Crippen molar-refractivity contribution in [2.24, 2.45) is 5.41 Å². The van der Waals surface area contributed by atoms with Gasteiger partial charge in [0.2, 0.25) is 0 Å². The van der Waals surface area contributed by atoms with E-state index in [0.717, 1.165) is 6.42 Å². The summed E-state index contributed by atoms with van der Waals surface area (Å²) in [4.78, 5) is 11.0. The topological polar surface area (TPSA) is 57.5 Å². The quantitative estimate of drug-likeness (QED) is 0.710. The van der Waals surface area contributed by atoms with E-state index in [1.807, 2.05) is 26.8 Å². The Morgan fingerprint density at radius 2 is 2.13 bits per heavy atom. The molecule has 0 aromatic carbocycles. The van der Waals surface area contributed by atoms with Gasteiger partial charge in [-0.2, -0.15) is 0 Å². The van der Waals surface area contributed by atoms with Gasteiger partial charge >= 0.3 is 5.97 Å². The van der Waals surface area contributed by atoms with E-state index in [-0.39, 0.29) is 6.61 Å².